The number of hydrogen-bond acceptors (Lipinski definition) is 3. The molecule has 0 aromatic rings. The Kier molecular flexibility index (Phi) is 3.44. The number of hydrogen-bond donors (Lipinski definition) is 0. The SMILES string of the molecule is C=C1C[C@@H](C(=O)OCC)C=C[C@@H]2COC[C@H]12. The molecule has 0 N–H and O–H groups in total. The molecule has 1 fully saturated rings. The summed E-state index contributed by atoms with van der Waals surface area (Å²) in [5.74, 6) is 0.487. The van der Waals surface area contributed by atoms with Crippen LogP contribution in [0.5, 0.6) is 0 Å². The second kappa shape index (κ2) is 4.83. The lowest BCUT2D eigenvalue weighted by atomic mass is 9.88. The summed E-state index contributed by atoms with van der Waals surface area (Å²) in [5, 5.41) is 0. The summed E-state index contributed by atoms with van der Waals surface area (Å²) in [6, 6.07) is 0. The zero-order valence-corrected chi connectivity index (χ0v) is 9.65. The minimum Gasteiger partial charge on any atom is -0.466 e. The minimum atomic E-state index is -0.155. The van der Waals surface area contributed by atoms with Gasteiger partial charge in [-0.25, -0.2) is 0 Å². The van der Waals surface area contributed by atoms with Crippen molar-refractivity contribution >= 4 is 5.97 Å². The van der Waals surface area contributed by atoms with E-state index in [1.807, 2.05) is 13.0 Å². The topological polar surface area (TPSA) is 35.5 Å². The lowest BCUT2D eigenvalue weighted by molar-refractivity contribution is -0.146. The van der Waals surface area contributed by atoms with Crippen molar-refractivity contribution in [1.29, 1.82) is 0 Å². The Balaban J connectivity index is 2.08. The van der Waals surface area contributed by atoms with Crippen LogP contribution in [-0.2, 0) is 14.3 Å². The van der Waals surface area contributed by atoms with Crippen LogP contribution in [0.4, 0.5) is 0 Å². The summed E-state index contributed by atoms with van der Waals surface area (Å²) < 4.78 is 10.5. The zero-order chi connectivity index (χ0) is 11.5. The van der Waals surface area contributed by atoms with Gasteiger partial charge in [0.05, 0.1) is 25.7 Å². The Hall–Kier alpha value is -1.09. The fourth-order valence-electron chi connectivity index (χ4n) is 2.37. The van der Waals surface area contributed by atoms with Crippen LogP contribution in [0.2, 0.25) is 0 Å². The Morgan fingerprint density at radius 2 is 2.38 bits per heavy atom. The standard InChI is InChI=1S/C13H18O3/c1-3-16-13(14)10-4-5-11-7-15-8-12(11)9(2)6-10/h4-5,10-12H,2-3,6-8H2,1H3/t10-,11+,12+/m0/s1. The van der Waals surface area contributed by atoms with Crippen LogP contribution < -0.4 is 0 Å². The molecule has 2 rings (SSSR count). The van der Waals surface area contributed by atoms with Gasteiger partial charge in [0.1, 0.15) is 0 Å². The van der Waals surface area contributed by atoms with Crippen molar-refractivity contribution in [1.82, 2.24) is 0 Å². The van der Waals surface area contributed by atoms with E-state index in [1.165, 1.54) is 0 Å². The molecule has 0 aromatic heterocycles. The number of rotatable bonds is 2. The molecule has 1 saturated heterocycles. The normalized spacial score (nSPS) is 33.3. The molecule has 0 amide bonds. The fraction of sp³-hybridized carbons (Fsp3) is 0.615. The number of ether oxygens (including phenoxy) is 2. The predicted octanol–water partition coefficient (Wildman–Crippen LogP) is 1.94. The molecule has 1 aliphatic heterocycles. The predicted molar refractivity (Wildman–Crippen MR) is 60.8 cm³/mol. The van der Waals surface area contributed by atoms with Gasteiger partial charge >= 0.3 is 5.97 Å². The Morgan fingerprint density at radius 3 is 3.12 bits per heavy atom. The first kappa shape index (κ1) is 11.4. The summed E-state index contributed by atoms with van der Waals surface area (Å²) in [6.45, 7) is 7.83. The third-order valence-corrected chi connectivity index (χ3v) is 3.31. The Labute approximate surface area is 96.1 Å². The average molecular weight is 222 g/mol. The van der Waals surface area contributed by atoms with Crippen LogP contribution in [0, 0.1) is 17.8 Å². The molecular weight excluding hydrogens is 204 g/mol. The Bertz CT molecular complexity index is 319. The zero-order valence-electron chi connectivity index (χ0n) is 9.65. The van der Waals surface area contributed by atoms with Gasteiger partial charge in [0, 0.05) is 11.8 Å². The third kappa shape index (κ3) is 2.19. The number of esters is 1. The third-order valence-electron chi connectivity index (χ3n) is 3.31. The maximum atomic E-state index is 11.7. The largest absolute Gasteiger partial charge is 0.466 e. The molecule has 0 radical (unpaired) electrons. The van der Waals surface area contributed by atoms with Crippen molar-refractivity contribution in [3.05, 3.63) is 24.3 Å². The molecule has 0 unspecified atom stereocenters. The van der Waals surface area contributed by atoms with Gasteiger partial charge in [-0.3, -0.25) is 4.79 Å². The van der Waals surface area contributed by atoms with Gasteiger partial charge in [-0.1, -0.05) is 24.3 Å². The molecule has 1 aliphatic carbocycles. The van der Waals surface area contributed by atoms with E-state index in [4.69, 9.17) is 9.47 Å². The summed E-state index contributed by atoms with van der Waals surface area (Å²) in [5.41, 5.74) is 1.12. The highest BCUT2D eigenvalue weighted by atomic mass is 16.5. The van der Waals surface area contributed by atoms with Crippen LogP contribution in [0.1, 0.15) is 13.3 Å². The first-order valence-corrected chi connectivity index (χ1v) is 5.82. The second-order valence-electron chi connectivity index (χ2n) is 4.41. The first-order chi connectivity index (χ1) is 7.72. The number of carbonyl (C=O) groups excluding carboxylic acids is 1. The van der Waals surface area contributed by atoms with Crippen molar-refractivity contribution in [3.8, 4) is 0 Å². The van der Waals surface area contributed by atoms with Gasteiger partial charge in [0.2, 0.25) is 0 Å². The minimum absolute atomic E-state index is 0.138. The van der Waals surface area contributed by atoms with Gasteiger partial charge in [-0.15, -0.1) is 0 Å². The number of carbonyl (C=O) groups is 1. The van der Waals surface area contributed by atoms with E-state index in [0.29, 0.717) is 24.9 Å². The molecule has 0 spiro atoms. The fourth-order valence-corrected chi connectivity index (χ4v) is 2.37. The maximum absolute atomic E-state index is 11.7. The van der Waals surface area contributed by atoms with E-state index in [0.717, 1.165) is 18.8 Å². The lowest BCUT2D eigenvalue weighted by Crippen LogP contribution is -2.17. The molecule has 3 nitrogen and oxygen atoms in total. The second-order valence-corrected chi connectivity index (χ2v) is 4.41. The monoisotopic (exact) mass is 222 g/mol. The van der Waals surface area contributed by atoms with E-state index in [1.54, 1.807) is 0 Å². The molecule has 16 heavy (non-hydrogen) atoms. The molecule has 0 saturated carbocycles. The molecule has 3 atom stereocenters. The quantitative estimate of drug-likeness (QED) is 0.529. The van der Waals surface area contributed by atoms with Crippen molar-refractivity contribution in [2.45, 2.75) is 13.3 Å². The number of fused-ring (bicyclic) bond motifs is 1. The van der Waals surface area contributed by atoms with Gasteiger partial charge in [-0.2, -0.15) is 0 Å². The van der Waals surface area contributed by atoms with Crippen LogP contribution in [0.25, 0.3) is 0 Å². The van der Waals surface area contributed by atoms with Gasteiger partial charge in [0.25, 0.3) is 0 Å². The summed E-state index contributed by atoms with van der Waals surface area (Å²) >= 11 is 0. The van der Waals surface area contributed by atoms with E-state index in [2.05, 4.69) is 12.7 Å². The molecule has 2 aliphatic rings. The van der Waals surface area contributed by atoms with Crippen molar-refractivity contribution < 1.29 is 14.3 Å². The molecule has 0 bridgehead atoms. The summed E-state index contributed by atoms with van der Waals surface area (Å²) in [7, 11) is 0. The maximum Gasteiger partial charge on any atom is 0.313 e. The lowest BCUT2D eigenvalue weighted by Gasteiger charge is -2.16. The van der Waals surface area contributed by atoms with E-state index < -0.39 is 0 Å². The van der Waals surface area contributed by atoms with Crippen molar-refractivity contribution in [2.24, 2.45) is 17.8 Å². The molecule has 3 heteroatoms. The van der Waals surface area contributed by atoms with E-state index >= 15 is 0 Å². The van der Waals surface area contributed by atoms with Crippen molar-refractivity contribution in [3.63, 3.8) is 0 Å². The Morgan fingerprint density at radius 1 is 1.56 bits per heavy atom. The van der Waals surface area contributed by atoms with E-state index in [-0.39, 0.29) is 11.9 Å². The average Bonchev–Trinajstić information content (AvgIpc) is 2.66. The van der Waals surface area contributed by atoms with Gasteiger partial charge < -0.3 is 9.47 Å². The van der Waals surface area contributed by atoms with Gasteiger partial charge in [-0.05, 0) is 13.3 Å². The van der Waals surface area contributed by atoms with Crippen molar-refractivity contribution in [2.75, 3.05) is 19.8 Å². The highest BCUT2D eigenvalue weighted by Gasteiger charge is 2.33. The van der Waals surface area contributed by atoms with Crippen LogP contribution in [0.3, 0.4) is 0 Å². The molecule has 0 aromatic carbocycles. The molecule has 1 heterocycles. The van der Waals surface area contributed by atoms with Crippen LogP contribution in [-0.4, -0.2) is 25.8 Å². The van der Waals surface area contributed by atoms with Crippen LogP contribution >= 0.6 is 0 Å². The van der Waals surface area contributed by atoms with Crippen LogP contribution in [0.15, 0.2) is 24.3 Å². The smallest absolute Gasteiger partial charge is 0.313 e. The molecule has 88 valence electrons. The first-order valence-electron chi connectivity index (χ1n) is 5.82. The van der Waals surface area contributed by atoms with E-state index in [9.17, 15) is 4.79 Å². The van der Waals surface area contributed by atoms with Gasteiger partial charge in [0.15, 0.2) is 0 Å². The summed E-state index contributed by atoms with van der Waals surface area (Å²) in [4.78, 5) is 11.7. The molecular formula is C13H18O3. The highest BCUT2D eigenvalue weighted by molar-refractivity contribution is 5.75. The summed E-state index contributed by atoms with van der Waals surface area (Å²) in [6.07, 6.45) is 4.75. The highest BCUT2D eigenvalue weighted by Crippen LogP contribution is 2.35.